The summed E-state index contributed by atoms with van der Waals surface area (Å²) in [6.45, 7) is 0.723. The van der Waals surface area contributed by atoms with E-state index in [4.69, 9.17) is 10.5 Å². The number of aliphatic hydroxyl groups is 1. The lowest BCUT2D eigenvalue weighted by molar-refractivity contribution is -0.140. The van der Waals surface area contributed by atoms with Gasteiger partial charge >= 0.3 is 0 Å². The first-order valence-electron chi connectivity index (χ1n) is 5.88. The van der Waals surface area contributed by atoms with Gasteiger partial charge in [0.25, 0.3) is 5.91 Å². The molecule has 0 aromatic heterocycles. The second kappa shape index (κ2) is 7.10. The van der Waals surface area contributed by atoms with Crippen LogP contribution in [0.1, 0.15) is 12.0 Å². The number of methoxy groups -OCH3 is 1. The fourth-order valence-electron chi connectivity index (χ4n) is 1.51. The average molecular weight is 252 g/mol. The fourth-order valence-corrected chi connectivity index (χ4v) is 1.51. The van der Waals surface area contributed by atoms with Crippen molar-refractivity contribution in [3.63, 3.8) is 0 Å². The third kappa shape index (κ3) is 4.83. The van der Waals surface area contributed by atoms with Crippen molar-refractivity contribution in [1.82, 2.24) is 5.32 Å². The number of nitrogens with two attached hydrogens (primary N) is 1. The van der Waals surface area contributed by atoms with E-state index < -0.39 is 11.6 Å². The van der Waals surface area contributed by atoms with Crippen LogP contribution in [0.25, 0.3) is 0 Å². The summed E-state index contributed by atoms with van der Waals surface area (Å²) in [5, 5.41) is 12.4. The van der Waals surface area contributed by atoms with Crippen molar-refractivity contribution in [3.05, 3.63) is 35.9 Å². The minimum atomic E-state index is -1.84. The molecule has 1 aromatic rings. The second-order valence-corrected chi connectivity index (χ2v) is 4.16. The molecule has 0 saturated carbocycles. The van der Waals surface area contributed by atoms with Crippen molar-refractivity contribution in [1.29, 1.82) is 0 Å². The summed E-state index contributed by atoms with van der Waals surface area (Å²) in [5.41, 5.74) is 4.78. The molecule has 18 heavy (non-hydrogen) atoms. The number of rotatable bonds is 7. The van der Waals surface area contributed by atoms with E-state index in [1.165, 1.54) is 7.11 Å². The Kier molecular flexibility index (Phi) is 5.77. The normalized spacial score (nSPS) is 13.9. The number of nitrogens with one attached hydrogen (secondary N) is 1. The summed E-state index contributed by atoms with van der Waals surface area (Å²) in [6.07, 6.45) is 0.724. The van der Waals surface area contributed by atoms with Gasteiger partial charge in [-0.1, -0.05) is 30.3 Å². The first-order valence-corrected chi connectivity index (χ1v) is 5.88. The molecule has 0 radical (unpaired) electrons. The van der Waals surface area contributed by atoms with Gasteiger partial charge in [-0.25, -0.2) is 0 Å². The van der Waals surface area contributed by atoms with Gasteiger partial charge in [0.1, 0.15) is 0 Å². The van der Waals surface area contributed by atoms with Gasteiger partial charge in [0, 0.05) is 20.1 Å². The molecular weight excluding hydrogens is 232 g/mol. The molecule has 1 unspecified atom stereocenters. The van der Waals surface area contributed by atoms with E-state index in [1.54, 1.807) is 0 Å². The highest BCUT2D eigenvalue weighted by molar-refractivity contribution is 5.84. The minimum Gasteiger partial charge on any atom is -0.383 e. The topological polar surface area (TPSA) is 84.6 Å². The molecule has 100 valence electrons. The lowest BCUT2D eigenvalue weighted by Crippen LogP contribution is -2.54. The Morgan fingerprint density at radius 3 is 2.72 bits per heavy atom. The molecular formula is C13H20N2O3. The molecule has 0 saturated heterocycles. The molecule has 0 aliphatic carbocycles. The molecule has 1 amide bonds. The number of carbonyl (C=O) groups is 1. The van der Waals surface area contributed by atoms with Crippen molar-refractivity contribution in [2.75, 3.05) is 20.3 Å². The van der Waals surface area contributed by atoms with E-state index >= 15 is 0 Å². The lowest BCUT2D eigenvalue weighted by atomic mass is 10.0. The summed E-state index contributed by atoms with van der Waals surface area (Å²) >= 11 is 0. The van der Waals surface area contributed by atoms with Gasteiger partial charge in [0.2, 0.25) is 0 Å². The third-order valence-electron chi connectivity index (χ3n) is 2.62. The maximum atomic E-state index is 11.6. The van der Waals surface area contributed by atoms with Crippen molar-refractivity contribution in [2.24, 2.45) is 5.73 Å². The Morgan fingerprint density at radius 2 is 2.11 bits per heavy atom. The van der Waals surface area contributed by atoms with E-state index in [0.717, 1.165) is 5.56 Å². The van der Waals surface area contributed by atoms with Gasteiger partial charge in [0.05, 0.1) is 6.61 Å². The third-order valence-corrected chi connectivity index (χ3v) is 2.62. The Morgan fingerprint density at radius 1 is 1.44 bits per heavy atom. The van der Waals surface area contributed by atoms with Crippen LogP contribution in [0, 0.1) is 0 Å². The summed E-state index contributed by atoms with van der Waals surface area (Å²) in [5.74, 6) is -0.574. The summed E-state index contributed by atoms with van der Waals surface area (Å²) in [4.78, 5) is 11.6. The SMILES string of the molecule is COCCNC(=O)C(N)(O)CCc1ccccc1. The number of hydrogen-bond donors (Lipinski definition) is 3. The zero-order chi connectivity index (χ0) is 13.4. The van der Waals surface area contributed by atoms with Crippen LogP contribution in [0.4, 0.5) is 0 Å². The zero-order valence-electron chi connectivity index (χ0n) is 10.6. The van der Waals surface area contributed by atoms with E-state index in [-0.39, 0.29) is 6.42 Å². The molecule has 5 nitrogen and oxygen atoms in total. The molecule has 1 rings (SSSR count). The van der Waals surface area contributed by atoms with Gasteiger partial charge in [-0.3, -0.25) is 10.5 Å². The predicted octanol–water partition coefficient (Wildman–Crippen LogP) is 0.0291. The monoisotopic (exact) mass is 252 g/mol. The molecule has 0 aliphatic heterocycles. The van der Waals surface area contributed by atoms with Gasteiger partial charge < -0.3 is 15.2 Å². The standard InChI is InChI=1S/C13H20N2O3/c1-18-10-9-15-12(16)13(14,17)8-7-11-5-3-2-4-6-11/h2-6,17H,7-10,14H2,1H3,(H,15,16). The van der Waals surface area contributed by atoms with E-state index in [2.05, 4.69) is 5.32 Å². The fraction of sp³-hybridized carbons (Fsp3) is 0.462. The van der Waals surface area contributed by atoms with Crippen LogP contribution in [-0.4, -0.2) is 37.0 Å². The molecule has 0 aliphatic rings. The Hall–Kier alpha value is -1.43. The smallest absolute Gasteiger partial charge is 0.267 e. The van der Waals surface area contributed by atoms with Gasteiger partial charge in [0.15, 0.2) is 5.72 Å². The molecule has 0 heterocycles. The number of amides is 1. The highest BCUT2D eigenvalue weighted by Gasteiger charge is 2.30. The summed E-state index contributed by atoms with van der Waals surface area (Å²) in [6, 6.07) is 9.58. The summed E-state index contributed by atoms with van der Waals surface area (Å²) in [7, 11) is 1.54. The molecule has 4 N–H and O–H groups in total. The molecule has 0 fully saturated rings. The second-order valence-electron chi connectivity index (χ2n) is 4.16. The maximum absolute atomic E-state index is 11.6. The quantitative estimate of drug-likeness (QED) is 0.472. The number of carbonyl (C=O) groups excluding carboxylic acids is 1. The Bertz CT molecular complexity index is 366. The van der Waals surface area contributed by atoms with Crippen LogP contribution >= 0.6 is 0 Å². The highest BCUT2D eigenvalue weighted by atomic mass is 16.5. The van der Waals surface area contributed by atoms with Crippen molar-refractivity contribution in [3.8, 4) is 0 Å². The lowest BCUT2D eigenvalue weighted by Gasteiger charge is -2.22. The maximum Gasteiger partial charge on any atom is 0.267 e. The molecule has 0 bridgehead atoms. The number of aryl methyl sites for hydroxylation is 1. The van der Waals surface area contributed by atoms with Crippen LogP contribution in [0.3, 0.4) is 0 Å². The van der Waals surface area contributed by atoms with Crippen LogP contribution in [0.5, 0.6) is 0 Å². The highest BCUT2D eigenvalue weighted by Crippen LogP contribution is 2.09. The number of hydrogen-bond acceptors (Lipinski definition) is 4. The Labute approximate surface area is 107 Å². The van der Waals surface area contributed by atoms with Crippen LogP contribution in [-0.2, 0) is 16.0 Å². The van der Waals surface area contributed by atoms with Crippen molar-refractivity contribution in [2.45, 2.75) is 18.6 Å². The first-order chi connectivity index (χ1) is 8.56. The van der Waals surface area contributed by atoms with Crippen LogP contribution < -0.4 is 11.1 Å². The zero-order valence-corrected chi connectivity index (χ0v) is 10.6. The summed E-state index contributed by atoms with van der Waals surface area (Å²) < 4.78 is 4.80. The minimum absolute atomic E-state index is 0.176. The van der Waals surface area contributed by atoms with Crippen LogP contribution in [0.2, 0.25) is 0 Å². The van der Waals surface area contributed by atoms with E-state index in [0.29, 0.717) is 19.6 Å². The predicted molar refractivity (Wildman–Crippen MR) is 68.8 cm³/mol. The molecule has 1 aromatic carbocycles. The first kappa shape index (κ1) is 14.6. The number of benzene rings is 1. The molecule has 1 atom stereocenters. The van der Waals surface area contributed by atoms with Gasteiger partial charge in [-0.2, -0.15) is 0 Å². The van der Waals surface area contributed by atoms with Crippen molar-refractivity contribution >= 4 is 5.91 Å². The largest absolute Gasteiger partial charge is 0.383 e. The van der Waals surface area contributed by atoms with Crippen LogP contribution in [0.15, 0.2) is 30.3 Å². The van der Waals surface area contributed by atoms with E-state index in [9.17, 15) is 9.90 Å². The molecule has 5 heteroatoms. The average Bonchev–Trinajstić information content (AvgIpc) is 2.38. The van der Waals surface area contributed by atoms with Gasteiger partial charge in [-0.15, -0.1) is 0 Å². The van der Waals surface area contributed by atoms with Crippen molar-refractivity contribution < 1.29 is 14.6 Å². The van der Waals surface area contributed by atoms with E-state index in [1.807, 2.05) is 30.3 Å². The number of ether oxygens (including phenoxy) is 1. The molecule has 0 spiro atoms. The Balaban J connectivity index is 2.41. The van der Waals surface area contributed by atoms with Gasteiger partial charge in [-0.05, 0) is 12.0 Å².